The van der Waals surface area contributed by atoms with Crippen molar-refractivity contribution in [3.63, 3.8) is 0 Å². The highest BCUT2D eigenvalue weighted by Gasteiger charge is 2.17. The number of aromatic nitrogens is 1. The predicted molar refractivity (Wildman–Crippen MR) is 84.7 cm³/mol. The van der Waals surface area contributed by atoms with E-state index in [9.17, 15) is 0 Å². The van der Waals surface area contributed by atoms with Crippen LogP contribution >= 0.6 is 11.3 Å². The largest absolute Gasteiger partial charge is 0.339 e. The van der Waals surface area contributed by atoms with E-state index in [1.807, 2.05) is 6.07 Å². The van der Waals surface area contributed by atoms with Gasteiger partial charge in [0.05, 0.1) is 0 Å². The zero-order valence-corrected chi connectivity index (χ0v) is 11.8. The zero-order chi connectivity index (χ0) is 13.4. The van der Waals surface area contributed by atoms with Gasteiger partial charge in [-0.15, -0.1) is 11.3 Å². The predicted octanol–water partition coefficient (Wildman–Crippen LogP) is 4.65. The molecule has 3 heteroatoms. The van der Waals surface area contributed by atoms with Gasteiger partial charge in [-0.1, -0.05) is 48.5 Å². The van der Waals surface area contributed by atoms with Gasteiger partial charge in [0.1, 0.15) is 10.8 Å². The molecule has 0 amide bonds. The van der Waals surface area contributed by atoms with Gasteiger partial charge in [-0.2, -0.15) is 0 Å². The van der Waals surface area contributed by atoms with E-state index in [-0.39, 0.29) is 0 Å². The average Bonchev–Trinajstić information content (AvgIpc) is 2.82. The van der Waals surface area contributed by atoms with Crippen LogP contribution in [0, 0.1) is 0 Å². The van der Waals surface area contributed by atoms with E-state index in [1.165, 1.54) is 21.7 Å². The second-order valence-corrected chi connectivity index (χ2v) is 6.02. The number of fused-ring (bicyclic) bond motifs is 2. The van der Waals surface area contributed by atoms with Gasteiger partial charge in [0.25, 0.3) is 0 Å². The summed E-state index contributed by atoms with van der Waals surface area (Å²) >= 11 is 1.80. The van der Waals surface area contributed by atoms with Crippen LogP contribution in [-0.2, 0) is 12.8 Å². The lowest BCUT2D eigenvalue weighted by molar-refractivity contribution is 0.995. The second kappa shape index (κ2) is 4.76. The molecule has 0 fully saturated rings. The number of anilines is 2. The van der Waals surface area contributed by atoms with Crippen molar-refractivity contribution in [1.29, 1.82) is 0 Å². The third-order valence-corrected chi connectivity index (χ3v) is 4.77. The molecule has 1 aromatic heterocycles. The Balaban J connectivity index is 1.75. The number of nitrogens with one attached hydrogen (secondary N) is 1. The van der Waals surface area contributed by atoms with E-state index < -0.39 is 0 Å². The van der Waals surface area contributed by atoms with E-state index in [0.29, 0.717) is 0 Å². The highest BCUT2D eigenvalue weighted by atomic mass is 32.1. The van der Waals surface area contributed by atoms with E-state index in [0.717, 1.165) is 23.7 Å². The maximum absolute atomic E-state index is 4.79. The maximum Gasteiger partial charge on any atom is 0.145 e. The minimum atomic E-state index is 1.03. The van der Waals surface area contributed by atoms with Crippen molar-refractivity contribution in [3.05, 3.63) is 65.0 Å². The minimum absolute atomic E-state index is 1.03. The molecule has 3 aromatic rings. The Morgan fingerprint density at radius 2 is 1.70 bits per heavy atom. The van der Waals surface area contributed by atoms with Gasteiger partial charge in [0, 0.05) is 16.1 Å². The first-order valence-electron chi connectivity index (χ1n) is 6.80. The molecule has 2 aromatic carbocycles. The minimum Gasteiger partial charge on any atom is -0.339 e. The number of hydrogen-bond acceptors (Lipinski definition) is 3. The van der Waals surface area contributed by atoms with Crippen molar-refractivity contribution in [2.45, 2.75) is 12.8 Å². The normalized spacial score (nSPS) is 13.0. The lowest BCUT2D eigenvalue weighted by Gasteiger charge is -2.05. The summed E-state index contributed by atoms with van der Waals surface area (Å²) in [5.41, 5.74) is 3.76. The second-order valence-electron chi connectivity index (χ2n) is 4.94. The van der Waals surface area contributed by atoms with Crippen LogP contribution in [0.4, 0.5) is 11.5 Å². The topological polar surface area (TPSA) is 24.9 Å². The number of thiazole rings is 1. The number of benzene rings is 2. The molecule has 2 nitrogen and oxygen atoms in total. The molecule has 0 radical (unpaired) electrons. The monoisotopic (exact) mass is 278 g/mol. The number of aryl methyl sites for hydroxylation is 2. The molecule has 0 aliphatic carbocycles. The van der Waals surface area contributed by atoms with Crippen LogP contribution in [0.3, 0.4) is 0 Å². The van der Waals surface area contributed by atoms with Crippen molar-refractivity contribution >= 4 is 22.8 Å². The summed E-state index contributed by atoms with van der Waals surface area (Å²) in [6.07, 6.45) is 2.14. The van der Waals surface area contributed by atoms with Crippen LogP contribution in [0.1, 0.15) is 10.4 Å². The summed E-state index contributed by atoms with van der Waals surface area (Å²) in [6.45, 7) is 0. The molecule has 4 rings (SSSR count). The molecule has 0 atom stereocenters. The first kappa shape index (κ1) is 11.7. The summed E-state index contributed by atoms with van der Waals surface area (Å²) in [4.78, 5) is 6.13. The van der Waals surface area contributed by atoms with Crippen LogP contribution < -0.4 is 5.32 Å². The average molecular weight is 278 g/mol. The number of nitrogens with zero attached hydrogens (tertiary/aromatic N) is 1. The number of rotatable bonds is 1. The third kappa shape index (κ3) is 2.00. The maximum atomic E-state index is 4.79. The van der Waals surface area contributed by atoms with Crippen LogP contribution in [0.25, 0.3) is 10.6 Å². The van der Waals surface area contributed by atoms with Crippen LogP contribution in [0.2, 0.25) is 0 Å². The Morgan fingerprint density at radius 3 is 2.60 bits per heavy atom. The fraction of sp³-hybridized carbons (Fsp3) is 0.118. The van der Waals surface area contributed by atoms with E-state index in [4.69, 9.17) is 4.98 Å². The number of hydrogen-bond donors (Lipinski definition) is 1. The summed E-state index contributed by atoms with van der Waals surface area (Å²) in [5.74, 6) is 1.03. The van der Waals surface area contributed by atoms with Crippen molar-refractivity contribution in [2.75, 3.05) is 5.32 Å². The smallest absolute Gasteiger partial charge is 0.145 e. The summed E-state index contributed by atoms with van der Waals surface area (Å²) in [7, 11) is 0. The fourth-order valence-electron chi connectivity index (χ4n) is 2.56. The Morgan fingerprint density at radius 1 is 0.900 bits per heavy atom. The molecule has 98 valence electrons. The van der Waals surface area contributed by atoms with Crippen LogP contribution in [-0.4, -0.2) is 4.98 Å². The Kier molecular flexibility index (Phi) is 2.78. The van der Waals surface area contributed by atoms with Crippen LogP contribution in [0.5, 0.6) is 0 Å². The van der Waals surface area contributed by atoms with E-state index in [1.54, 1.807) is 11.3 Å². The SMILES string of the molecule is c1ccc(-c2nc3c(s2)CCc2ccccc2N3)cc1. The molecule has 2 heterocycles. The van der Waals surface area contributed by atoms with E-state index in [2.05, 4.69) is 53.8 Å². The van der Waals surface area contributed by atoms with Gasteiger partial charge in [-0.25, -0.2) is 4.98 Å². The molecule has 1 N–H and O–H groups in total. The standard InChI is InChI=1S/C17H14N2S/c1-2-7-13(8-3-1)17-19-16-15(20-17)11-10-12-6-4-5-9-14(12)18-16/h1-9,18H,10-11H2. The van der Waals surface area contributed by atoms with Gasteiger partial charge in [-0.05, 0) is 24.5 Å². The molecule has 1 aliphatic rings. The fourth-order valence-corrected chi connectivity index (χ4v) is 3.58. The Labute approximate surface area is 122 Å². The highest BCUT2D eigenvalue weighted by Crippen LogP contribution is 2.36. The van der Waals surface area contributed by atoms with Gasteiger partial charge in [0.15, 0.2) is 0 Å². The zero-order valence-electron chi connectivity index (χ0n) is 11.0. The summed E-state index contributed by atoms with van der Waals surface area (Å²) < 4.78 is 0. The molecule has 0 bridgehead atoms. The Bertz CT molecular complexity index is 747. The van der Waals surface area contributed by atoms with E-state index >= 15 is 0 Å². The van der Waals surface area contributed by atoms with Crippen molar-refractivity contribution in [1.82, 2.24) is 4.98 Å². The Hall–Kier alpha value is -2.13. The molecule has 0 unspecified atom stereocenters. The highest BCUT2D eigenvalue weighted by molar-refractivity contribution is 7.15. The molecule has 0 saturated heterocycles. The van der Waals surface area contributed by atoms with Gasteiger partial charge < -0.3 is 5.32 Å². The first-order chi connectivity index (χ1) is 9.90. The summed E-state index contributed by atoms with van der Waals surface area (Å²) in [6, 6.07) is 18.9. The van der Waals surface area contributed by atoms with Crippen molar-refractivity contribution in [2.24, 2.45) is 0 Å². The molecular weight excluding hydrogens is 264 g/mol. The lowest BCUT2D eigenvalue weighted by Crippen LogP contribution is -1.93. The molecule has 0 saturated carbocycles. The summed E-state index contributed by atoms with van der Waals surface area (Å²) in [5, 5.41) is 4.59. The van der Waals surface area contributed by atoms with Gasteiger partial charge in [0.2, 0.25) is 0 Å². The van der Waals surface area contributed by atoms with Crippen LogP contribution in [0.15, 0.2) is 54.6 Å². The quantitative estimate of drug-likeness (QED) is 0.700. The molecule has 1 aliphatic heterocycles. The molecule has 0 spiro atoms. The third-order valence-electron chi connectivity index (χ3n) is 3.61. The van der Waals surface area contributed by atoms with Gasteiger partial charge in [-0.3, -0.25) is 0 Å². The number of para-hydroxylation sites is 1. The molecule has 20 heavy (non-hydrogen) atoms. The van der Waals surface area contributed by atoms with Crippen molar-refractivity contribution in [3.8, 4) is 10.6 Å². The first-order valence-corrected chi connectivity index (χ1v) is 7.62. The lowest BCUT2D eigenvalue weighted by atomic mass is 10.1. The van der Waals surface area contributed by atoms with Gasteiger partial charge >= 0.3 is 0 Å². The molecular formula is C17H14N2S. The van der Waals surface area contributed by atoms with Crippen molar-refractivity contribution < 1.29 is 0 Å².